The van der Waals surface area contributed by atoms with Gasteiger partial charge in [0.1, 0.15) is 11.6 Å². The number of rotatable bonds is 6. The fourth-order valence-electron chi connectivity index (χ4n) is 4.51. The second kappa shape index (κ2) is 9.70. The van der Waals surface area contributed by atoms with Crippen LogP contribution < -0.4 is 5.56 Å². The SMILES string of the molecule is COCCC(=O)N1CCc2nc(C3CCCN(Cc4cccc(F)c4)C3)[nH]c(=O)c2C1. The van der Waals surface area contributed by atoms with E-state index in [0.29, 0.717) is 44.6 Å². The number of ether oxygens (including phenoxy) is 1. The lowest BCUT2D eigenvalue weighted by Crippen LogP contribution is -2.41. The van der Waals surface area contributed by atoms with E-state index < -0.39 is 0 Å². The largest absolute Gasteiger partial charge is 0.384 e. The number of halogens is 1. The van der Waals surface area contributed by atoms with Crippen LogP contribution in [0.25, 0.3) is 0 Å². The second-order valence-corrected chi connectivity index (χ2v) is 8.39. The highest BCUT2D eigenvalue weighted by atomic mass is 19.1. The third kappa shape index (κ3) is 5.19. The van der Waals surface area contributed by atoms with Crippen LogP contribution in [0.4, 0.5) is 4.39 Å². The highest BCUT2D eigenvalue weighted by Gasteiger charge is 2.28. The van der Waals surface area contributed by atoms with Gasteiger partial charge in [-0.2, -0.15) is 0 Å². The van der Waals surface area contributed by atoms with Crippen molar-refractivity contribution in [3.8, 4) is 0 Å². The zero-order chi connectivity index (χ0) is 21.8. The lowest BCUT2D eigenvalue weighted by molar-refractivity contribution is -0.133. The number of amides is 1. The highest BCUT2D eigenvalue weighted by Crippen LogP contribution is 2.26. The molecule has 1 fully saturated rings. The van der Waals surface area contributed by atoms with E-state index in [2.05, 4.69) is 9.88 Å². The molecule has 2 aliphatic rings. The zero-order valence-electron chi connectivity index (χ0n) is 17.9. The standard InChI is InChI=1S/C23H29FN4O3/c1-31-11-8-21(29)28-10-7-20-19(15-28)23(30)26-22(25-20)17-5-3-9-27(14-17)13-16-4-2-6-18(24)12-16/h2,4,6,12,17H,3,5,7-11,13-15H2,1H3,(H,25,26,30). The maximum Gasteiger partial charge on any atom is 0.256 e. The molecule has 0 radical (unpaired) electrons. The normalized spacial score (nSPS) is 19.3. The minimum Gasteiger partial charge on any atom is -0.384 e. The van der Waals surface area contributed by atoms with Gasteiger partial charge in [-0.15, -0.1) is 0 Å². The molecule has 2 aromatic rings. The average molecular weight is 429 g/mol. The Hall–Kier alpha value is -2.58. The number of carbonyl (C=O) groups is 1. The second-order valence-electron chi connectivity index (χ2n) is 8.39. The number of H-pyrrole nitrogens is 1. The summed E-state index contributed by atoms with van der Waals surface area (Å²) < 4.78 is 18.5. The predicted molar refractivity (Wildman–Crippen MR) is 114 cm³/mol. The quantitative estimate of drug-likeness (QED) is 0.763. The van der Waals surface area contributed by atoms with E-state index in [9.17, 15) is 14.0 Å². The van der Waals surface area contributed by atoms with E-state index in [1.165, 1.54) is 6.07 Å². The molecule has 1 unspecified atom stereocenters. The van der Waals surface area contributed by atoms with E-state index in [1.54, 1.807) is 24.1 Å². The molecule has 31 heavy (non-hydrogen) atoms. The number of benzene rings is 1. The Labute approximate surface area is 181 Å². The number of aromatic nitrogens is 2. The summed E-state index contributed by atoms with van der Waals surface area (Å²) in [5.74, 6) is 0.645. The summed E-state index contributed by atoms with van der Waals surface area (Å²) >= 11 is 0. The minimum atomic E-state index is -0.221. The number of fused-ring (bicyclic) bond motifs is 1. The number of nitrogens with zero attached hydrogens (tertiary/aromatic N) is 3. The number of carbonyl (C=O) groups excluding carboxylic acids is 1. The van der Waals surface area contributed by atoms with Gasteiger partial charge in [0.15, 0.2) is 0 Å². The van der Waals surface area contributed by atoms with Gasteiger partial charge in [-0.05, 0) is 37.1 Å². The first-order chi connectivity index (χ1) is 15.0. The summed E-state index contributed by atoms with van der Waals surface area (Å²) in [5, 5.41) is 0. The summed E-state index contributed by atoms with van der Waals surface area (Å²) in [5.41, 5.74) is 2.20. The first-order valence-corrected chi connectivity index (χ1v) is 10.9. The molecule has 1 aromatic heterocycles. The van der Waals surface area contributed by atoms with Crippen molar-refractivity contribution in [3.05, 3.63) is 63.1 Å². The number of likely N-dealkylation sites (tertiary alicyclic amines) is 1. The molecular weight excluding hydrogens is 399 g/mol. The van der Waals surface area contributed by atoms with Gasteiger partial charge in [0.25, 0.3) is 5.56 Å². The Morgan fingerprint density at radius 3 is 3.03 bits per heavy atom. The van der Waals surface area contributed by atoms with E-state index in [1.807, 2.05) is 6.07 Å². The van der Waals surface area contributed by atoms with Crippen LogP contribution in [0.1, 0.15) is 47.8 Å². The summed E-state index contributed by atoms with van der Waals surface area (Å²) in [7, 11) is 1.57. The number of hydrogen-bond donors (Lipinski definition) is 1. The van der Waals surface area contributed by atoms with Gasteiger partial charge >= 0.3 is 0 Å². The summed E-state index contributed by atoms with van der Waals surface area (Å²) in [6, 6.07) is 6.70. The number of hydrogen-bond acceptors (Lipinski definition) is 5. The topological polar surface area (TPSA) is 78.5 Å². The van der Waals surface area contributed by atoms with Crippen molar-refractivity contribution < 1.29 is 13.9 Å². The fraction of sp³-hybridized carbons (Fsp3) is 0.522. The predicted octanol–water partition coefficient (Wildman–Crippen LogP) is 2.21. The first kappa shape index (κ1) is 21.6. The smallest absolute Gasteiger partial charge is 0.256 e. The van der Waals surface area contributed by atoms with Crippen molar-refractivity contribution >= 4 is 5.91 Å². The minimum absolute atomic E-state index is 0.00347. The third-order valence-corrected chi connectivity index (χ3v) is 6.15. The summed E-state index contributed by atoms with van der Waals surface area (Å²) in [6.45, 7) is 3.66. The van der Waals surface area contributed by atoms with Crippen LogP contribution in [-0.2, 0) is 29.0 Å². The molecule has 8 heteroatoms. The molecule has 1 amide bonds. The molecule has 1 atom stereocenters. The van der Waals surface area contributed by atoms with E-state index >= 15 is 0 Å². The molecular formula is C23H29FN4O3. The Morgan fingerprint density at radius 1 is 1.35 bits per heavy atom. The van der Waals surface area contributed by atoms with Crippen molar-refractivity contribution in [3.63, 3.8) is 0 Å². The van der Waals surface area contributed by atoms with Crippen LogP contribution in [0.15, 0.2) is 29.1 Å². The van der Waals surface area contributed by atoms with Crippen LogP contribution in [0.5, 0.6) is 0 Å². The van der Waals surface area contributed by atoms with Gasteiger partial charge in [-0.3, -0.25) is 14.5 Å². The number of piperidine rings is 1. The lowest BCUT2D eigenvalue weighted by Gasteiger charge is -2.33. The average Bonchev–Trinajstić information content (AvgIpc) is 2.77. The molecule has 0 bridgehead atoms. The van der Waals surface area contributed by atoms with Crippen LogP contribution in [-0.4, -0.2) is 59.0 Å². The molecule has 1 saturated heterocycles. The molecule has 7 nitrogen and oxygen atoms in total. The zero-order valence-corrected chi connectivity index (χ0v) is 17.9. The third-order valence-electron chi connectivity index (χ3n) is 6.15. The van der Waals surface area contributed by atoms with Crippen LogP contribution in [0, 0.1) is 5.82 Å². The van der Waals surface area contributed by atoms with E-state index in [-0.39, 0.29) is 23.2 Å². The summed E-state index contributed by atoms with van der Waals surface area (Å²) in [4.78, 5) is 36.9. The lowest BCUT2D eigenvalue weighted by atomic mass is 9.96. The molecule has 1 aromatic carbocycles. The molecule has 1 N–H and O–H groups in total. The van der Waals surface area contributed by atoms with Crippen molar-refractivity contribution in [2.75, 3.05) is 33.4 Å². The van der Waals surface area contributed by atoms with Gasteiger partial charge in [-0.25, -0.2) is 9.37 Å². The first-order valence-electron chi connectivity index (χ1n) is 10.9. The van der Waals surface area contributed by atoms with Crippen molar-refractivity contribution in [1.29, 1.82) is 0 Å². The van der Waals surface area contributed by atoms with Gasteiger partial charge in [0, 0.05) is 39.1 Å². The van der Waals surface area contributed by atoms with Crippen molar-refractivity contribution in [2.45, 2.75) is 44.7 Å². The van der Waals surface area contributed by atoms with E-state index in [0.717, 1.165) is 43.0 Å². The summed E-state index contributed by atoms with van der Waals surface area (Å²) in [6.07, 6.45) is 2.87. The maximum atomic E-state index is 13.5. The van der Waals surface area contributed by atoms with Crippen molar-refractivity contribution in [1.82, 2.24) is 19.8 Å². The fourth-order valence-corrected chi connectivity index (χ4v) is 4.51. The van der Waals surface area contributed by atoms with E-state index in [4.69, 9.17) is 9.72 Å². The number of methoxy groups -OCH3 is 1. The van der Waals surface area contributed by atoms with Gasteiger partial charge in [0.2, 0.25) is 5.91 Å². The number of aromatic amines is 1. The van der Waals surface area contributed by atoms with Crippen LogP contribution in [0.2, 0.25) is 0 Å². The molecule has 4 rings (SSSR count). The molecule has 3 heterocycles. The van der Waals surface area contributed by atoms with Gasteiger partial charge < -0.3 is 14.6 Å². The van der Waals surface area contributed by atoms with Gasteiger partial charge in [-0.1, -0.05) is 12.1 Å². The Bertz CT molecular complexity index is 993. The number of nitrogens with one attached hydrogen (secondary N) is 1. The monoisotopic (exact) mass is 428 g/mol. The Balaban J connectivity index is 1.45. The molecule has 0 spiro atoms. The van der Waals surface area contributed by atoms with Crippen molar-refractivity contribution in [2.24, 2.45) is 0 Å². The molecule has 0 saturated carbocycles. The molecule has 166 valence electrons. The maximum absolute atomic E-state index is 13.5. The van der Waals surface area contributed by atoms with Gasteiger partial charge in [0.05, 0.1) is 30.8 Å². The highest BCUT2D eigenvalue weighted by molar-refractivity contribution is 5.76. The Kier molecular flexibility index (Phi) is 6.77. The Morgan fingerprint density at radius 2 is 2.23 bits per heavy atom. The molecule has 2 aliphatic heterocycles. The van der Waals surface area contributed by atoms with Crippen LogP contribution in [0.3, 0.4) is 0 Å². The molecule has 0 aliphatic carbocycles. The van der Waals surface area contributed by atoms with Crippen LogP contribution >= 0.6 is 0 Å².